The second-order valence-corrected chi connectivity index (χ2v) is 5.11. The molecule has 2 aromatic carbocycles. The summed E-state index contributed by atoms with van der Waals surface area (Å²) < 4.78 is 13.9. The van der Waals surface area contributed by atoms with Crippen LogP contribution < -0.4 is 10.6 Å². The molecule has 0 aromatic heterocycles. The number of anilines is 1. The minimum atomic E-state index is -0.720. The minimum Gasteiger partial charge on any atom is -0.318 e. The fraction of sp³-hybridized carbons (Fsp3) is 0.133. The van der Waals surface area contributed by atoms with Gasteiger partial charge in [0.1, 0.15) is 11.9 Å². The lowest BCUT2D eigenvalue weighted by Gasteiger charge is -2.45. The van der Waals surface area contributed by atoms with Crippen molar-refractivity contribution in [1.29, 1.82) is 0 Å². The summed E-state index contributed by atoms with van der Waals surface area (Å²) in [6.45, 7) is 0. The Bertz CT molecular complexity index is 659. The molecule has 1 saturated heterocycles. The van der Waals surface area contributed by atoms with Crippen molar-refractivity contribution in [3.63, 3.8) is 0 Å². The highest BCUT2D eigenvalue weighted by atomic mass is 35.5. The van der Waals surface area contributed by atoms with Gasteiger partial charge in [-0.25, -0.2) is 4.39 Å². The molecule has 1 aliphatic rings. The molecule has 1 fully saturated rings. The molecule has 2 N–H and O–H groups in total. The largest absolute Gasteiger partial charge is 0.318 e. The van der Waals surface area contributed by atoms with Crippen molar-refractivity contribution in [3.05, 3.63) is 64.9 Å². The zero-order valence-corrected chi connectivity index (χ0v) is 11.2. The number of halogens is 2. The molecule has 0 spiro atoms. The molecule has 3 nitrogen and oxygen atoms in total. The number of hydrogen-bond donors (Lipinski definition) is 1. The summed E-state index contributed by atoms with van der Waals surface area (Å²) in [7, 11) is 0. The number of β-lactam (4-membered cyclic amide) rings is 1. The Morgan fingerprint density at radius 2 is 1.75 bits per heavy atom. The van der Waals surface area contributed by atoms with E-state index in [2.05, 4.69) is 0 Å². The Labute approximate surface area is 120 Å². The molecule has 0 aliphatic carbocycles. The van der Waals surface area contributed by atoms with E-state index in [1.165, 1.54) is 11.0 Å². The first kappa shape index (κ1) is 13.1. The third-order valence-corrected chi connectivity index (χ3v) is 3.72. The van der Waals surface area contributed by atoms with E-state index in [4.69, 9.17) is 17.3 Å². The molecule has 2 atom stereocenters. The van der Waals surface area contributed by atoms with E-state index in [-0.39, 0.29) is 11.7 Å². The molecule has 1 heterocycles. The summed E-state index contributed by atoms with van der Waals surface area (Å²) in [5.74, 6) is -0.583. The number of carbonyl (C=O) groups is 1. The quantitative estimate of drug-likeness (QED) is 0.865. The first-order chi connectivity index (χ1) is 9.59. The number of carbonyl (C=O) groups excluding carboxylic acids is 1. The van der Waals surface area contributed by atoms with Crippen LogP contribution in [0.1, 0.15) is 11.6 Å². The van der Waals surface area contributed by atoms with Crippen molar-refractivity contribution in [2.24, 2.45) is 5.73 Å². The molecule has 3 rings (SSSR count). The molecular formula is C15H12ClFN2O. The number of nitrogens with zero attached hydrogens (tertiary/aromatic N) is 1. The third kappa shape index (κ3) is 1.97. The predicted molar refractivity (Wildman–Crippen MR) is 76.1 cm³/mol. The average molecular weight is 291 g/mol. The van der Waals surface area contributed by atoms with Crippen molar-refractivity contribution in [2.45, 2.75) is 12.1 Å². The Morgan fingerprint density at radius 3 is 2.40 bits per heavy atom. The van der Waals surface area contributed by atoms with Crippen LogP contribution in [0.25, 0.3) is 0 Å². The Hall–Kier alpha value is -1.91. The number of hydrogen-bond acceptors (Lipinski definition) is 2. The third-order valence-electron chi connectivity index (χ3n) is 3.47. The fourth-order valence-corrected chi connectivity index (χ4v) is 2.57. The average Bonchev–Trinajstić information content (AvgIpc) is 2.46. The number of nitrogens with two attached hydrogens (primary N) is 1. The highest BCUT2D eigenvalue weighted by Crippen LogP contribution is 2.39. The van der Waals surface area contributed by atoms with Gasteiger partial charge in [0.2, 0.25) is 5.91 Å². The van der Waals surface area contributed by atoms with Crippen molar-refractivity contribution >= 4 is 23.2 Å². The molecule has 102 valence electrons. The van der Waals surface area contributed by atoms with Crippen molar-refractivity contribution in [3.8, 4) is 0 Å². The molecule has 0 saturated carbocycles. The molecule has 0 radical (unpaired) electrons. The first-order valence-corrected chi connectivity index (χ1v) is 6.56. The maximum Gasteiger partial charge on any atom is 0.247 e. The SMILES string of the molecule is N[C@@H]1C(=O)N(c2ccc(Cl)cc2)[C@H]1c1ccccc1F. The normalized spacial score (nSPS) is 21.8. The fourth-order valence-electron chi connectivity index (χ4n) is 2.45. The summed E-state index contributed by atoms with van der Waals surface area (Å²) in [5.41, 5.74) is 6.93. The molecule has 0 unspecified atom stereocenters. The van der Waals surface area contributed by atoms with Gasteiger partial charge in [-0.3, -0.25) is 4.79 Å². The summed E-state index contributed by atoms with van der Waals surface area (Å²) >= 11 is 5.83. The zero-order valence-electron chi connectivity index (χ0n) is 10.5. The van der Waals surface area contributed by atoms with Gasteiger partial charge in [0.25, 0.3) is 0 Å². The molecule has 20 heavy (non-hydrogen) atoms. The van der Waals surface area contributed by atoms with E-state index in [1.807, 2.05) is 0 Å². The second-order valence-electron chi connectivity index (χ2n) is 4.68. The van der Waals surface area contributed by atoms with Crippen molar-refractivity contribution in [1.82, 2.24) is 0 Å². The maximum absolute atomic E-state index is 13.9. The van der Waals surface area contributed by atoms with Crippen molar-refractivity contribution < 1.29 is 9.18 Å². The van der Waals surface area contributed by atoms with Crippen LogP contribution in [0.3, 0.4) is 0 Å². The van der Waals surface area contributed by atoms with Crippen LogP contribution >= 0.6 is 11.6 Å². The Morgan fingerprint density at radius 1 is 1.10 bits per heavy atom. The van der Waals surface area contributed by atoms with Gasteiger partial charge in [-0.1, -0.05) is 29.8 Å². The van der Waals surface area contributed by atoms with Crippen LogP contribution in [0.2, 0.25) is 5.02 Å². The van der Waals surface area contributed by atoms with Gasteiger partial charge >= 0.3 is 0 Å². The molecule has 0 bridgehead atoms. The van der Waals surface area contributed by atoms with Crippen LogP contribution in [0.4, 0.5) is 10.1 Å². The van der Waals surface area contributed by atoms with Gasteiger partial charge < -0.3 is 10.6 Å². The topological polar surface area (TPSA) is 46.3 Å². The van der Waals surface area contributed by atoms with Crippen LogP contribution in [-0.2, 0) is 4.79 Å². The monoisotopic (exact) mass is 290 g/mol. The van der Waals surface area contributed by atoms with Crippen molar-refractivity contribution in [2.75, 3.05) is 4.90 Å². The van der Waals surface area contributed by atoms with Crippen LogP contribution in [0.15, 0.2) is 48.5 Å². The first-order valence-electron chi connectivity index (χ1n) is 6.18. The van der Waals surface area contributed by atoms with Crippen LogP contribution in [-0.4, -0.2) is 11.9 Å². The number of amides is 1. The highest BCUT2D eigenvalue weighted by molar-refractivity contribution is 6.30. The van der Waals surface area contributed by atoms with Gasteiger partial charge in [0.15, 0.2) is 0 Å². The molecular weight excluding hydrogens is 279 g/mol. The maximum atomic E-state index is 13.9. The Kier molecular flexibility index (Phi) is 3.20. The van der Waals surface area contributed by atoms with E-state index in [9.17, 15) is 9.18 Å². The van der Waals surface area contributed by atoms with E-state index in [0.29, 0.717) is 16.3 Å². The van der Waals surface area contributed by atoms with E-state index in [1.54, 1.807) is 42.5 Å². The standard InChI is InChI=1S/C15H12ClFN2O/c16-9-5-7-10(8-6-9)19-14(13(18)15(19)20)11-3-1-2-4-12(11)17/h1-8,13-14H,18H2/t13-,14-/m0/s1. The molecule has 1 aliphatic heterocycles. The predicted octanol–water partition coefficient (Wildman–Crippen LogP) is 2.89. The molecule has 5 heteroatoms. The van der Waals surface area contributed by atoms with E-state index >= 15 is 0 Å². The number of rotatable bonds is 2. The van der Waals surface area contributed by atoms with Crippen LogP contribution in [0, 0.1) is 5.82 Å². The number of benzene rings is 2. The summed E-state index contributed by atoms with van der Waals surface area (Å²) in [6.07, 6.45) is 0. The minimum absolute atomic E-state index is 0.222. The highest BCUT2D eigenvalue weighted by Gasteiger charge is 2.47. The van der Waals surface area contributed by atoms with E-state index < -0.39 is 12.1 Å². The lowest BCUT2D eigenvalue weighted by atomic mass is 9.88. The van der Waals surface area contributed by atoms with Gasteiger partial charge in [-0.05, 0) is 30.3 Å². The lowest BCUT2D eigenvalue weighted by molar-refractivity contribution is -0.126. The second kappa shape index (κ2) is 4.89. The molecule has 1 amide bonds. The molecule has 2 aromatic rings. The lowest BCUT2D eigenvalue weighted by Crippen LogP contribution is -2.63. The van der Waals surface area contributed by atoms with Crippen LogP contribution in [0.5, 0.6) is 0 Å². The Balaban J connectivity index is 2.00. The summed E-state index contributed by atoms with van der Waals surface area (Å²) in [4.78, 5) is 13.5. The van der Waals surface area contributed by atoms with Gasteiger partial charge in [-0.15, -0.1) is 0 Å². The summed E-state index contributed by atoms with van der Waals surface area (Å²) in [6, 6.07) is 12.0. The van der Waals surface area contributed by atoms with Gasteiger partial charge in [0, 0.05) is 16.3 Å². The zero-order chi connectivity index (χ0) is 14.3. The van der Waals surface area contributed by atoms with Gasteiger partial charge in [-0.2, -0.15) is 0 Å². The van der Waals surface area contributed by atoms with Gasteiger partial charge in [0.05, 0.1) is 6.04 Å². The smallest absolute Gasteiger partial charge is 0.247 e. The van der Waals surface area contributed by atoms with E-state index in [0.717, 1.165) is 0 Å². The summed E-state index contributed by atoms with van der Waals surface area (Å²) in [5, 5.41) is 0.577.